The largest absolute Gasteiger partial charge is 0.618 e. The molecule has 0 fully saturated rings. The van der Waals surface area contributed by atoms with E-state index < -0.39 is 5.97 Å². The highest BCUT2D eigenvalue weighted by atomic mass is 16.5. The summed E-state index contributed by atoms with van der Waals surface area (Å²) in [5.74, 6) is -0.928. The lowest BCUT2D eigenvalue weighted by molar-refractivity contribution is -0.608. The van der Waals surface area contributed by atoms with Gasteiger partial charge in [0.15, 0.2) is 5.75 Å². The number of nitrogens with zero attached hydrogens (tertiary/aromatic N) is 1. The molecule has 1 N–H and O–H groups in total. The number of hydrogen-bond donors (Lipinski definition) is 1. The molecule has 0 radical (unpaired) electrons. The number of rotatable bonds is 1. The fourth-order valence-corrected chi connectivity index (χ4v) is 0.733. The summed E-state index contributed by atoms with van der Waals surface area (Å²) in [4.78, 5) is 10.8. The van der Waals surface area contributed by atoms with Crippen LogP contribution in [0.4, 0.5) is 0 Å². The number of aromatic nitrogens is 1. The van der Waals surface area contributed by atoms with E-state index in [1.807, 2.05) is 0 Å². The summed E-state index contributed by atoms with van der Waals surface area (Å²) in [7, 11) is 1.18. The number of aromatic hydroxyl groups is 1. The monoisotopic (exact) mass is 169 g/mol. The van der Waals surface area contributed by atoms with Crippen molar-refractivity contribution in [3.8, 4) is 5.75 Å². The topological polar surface area (TPSA) is 73.5 Å². The highest BCUT2D eigenvalue weighted by Crippen LogP contribution is 2.04. The minimum atomic E-state index is -0.731. The Morgan fingerprint density at radius 3 is 2.83 bits per heavy atom. The van der Waals surface area contributed by atoms with Gasteiger partial charge in [-0.1, -0.05) is 0 Å². The number of methoxy groups -OCH3 is 1. The number of pyridine rings is 1. The lowest BCUT2D eigenvalue weighted by Gasteiger charge is -2.01. The van der Waals surface area contributed by atoms with Gasteiger partial charge in [0.05, 0.1) is 7.11 Å². The Kier molecular flexibility index (Phi) is 2.14. The SMILES string of the molecule is COC(=O)c1ccc(O)c[n+]1[O-]. The molecule has 0 aliphatic carbocycles. The minimum absolute atomic E-state index is 0.157. The average Bonchev–Trinajstić information content (AvgIpc) is 2.03. The van der Waals surface area contributed by atoms with Crippen LogP contribution in [-0.2, 0) is 4.74 Å². The van der Waals surface area contributed by atoms with Gasteiger partial charge in [0.25, 0.3) is 0 Å². The van der Waals surface area contributed by atoms with Crippen LogP contribution in [-0.4, -0.2) is 18.2 Å². The summed E-state index contributed by atoms with van der Waals surface area (Å²) in [6.45, 7) is 0. The molecule has 0 aliphatic rings. The molecule has 0 atom stereocenters. The molecule has 0 saturated heterocycles. The van der Waals surface area contributed by atoms with Crippen molar-refractivity contribution in [3.05, 3.63) is 29.2 Å². The maximum absolute atomic E-state index is 10.9. The zero-order valence-electron chi connectivity index (χ0n) is 6.35. The standard InChI is InChI=1S/C7H7NO4/c1-12-7(10)6-3-2-5(9)4-8(6)11/h2-4,9H,1H3. The highest BCUT2D eigenvalue weighted by molar-refractivity contribution is 5.85. The van der Waals surface area contributed by atoms with E-state index in [0.29, 0.717) is 0 Å². The maximum atomic E-state index is 10.9. The van der Waals surface area contributed by atoms with Crippen molar-refractivity contribution in [2.24, 2.45) is 0 Å². The van der Waals surface area contributed by atoms with Gasteiger partial charge in [0.1, 0.15) is 0 Å². The third-order valence-electron chi connectivity index (χ3n) is 1.29. The Morgan fingerprint density at radius 1 is 1.67 bits per heavy atom. The van der Waals surface area contributed by atoms with E-state index in [2.05, 4.69) is 4.74 Å². The summed E-state index contributed by atoms with van der Waals surface area (Å²) < 4.78 is 4.57. The molecule has 64 valence electrons. The molecule has 0 aromatic carbocycles. The van der Waals surface area contributed by atoms with Crippen molar-refractivity contribution in [1.29, 1.82) is 0 Å². The van der Waals surface area contributed by atoms with Crippen molar-refractivity contribution in [1.82, 2.24) is 0 Å². The first-order valence-corrected chi connectivity index (χ1v) is 3.15. The first-order chi connectivity index (χ1) is 5.65. The van der Waals surface area contributed by atoms with Crippen LogP contribution >= 0.6 is 0 Å². The van der Waals surface area contributed by atoms with Crippen LogP contribution in [0.1, 0.15) is 10.5 Å². The molecule has 0 bridgehead atoms. The van der Waals surface area contributed by atoms with Crippen molar-refractivity contribution in [2.75, 3.05) is 7.11 Å². The maximum Gasteiger partial charge on any atom is 0.404 e. The fraction of sp³-hybridized carbons (Fsp3) is 0.143. The molecule has 0 amide bonds. The first-order valence-electron chi connectivity index (χ1n) is 3.15. The zero-order chi connectivity index (χ0) is 9.14. The van der Waals surface area contributed by atoms with Gasteiger partial charge < -0.3 is 15.1 Å². The number of ether oxygens (including phenoxy) is 1. The van der Waals surface area contributed by atoms with Crippen LogP contribution in [0.3, 0.4) is 0 Å². The van der Waals surface area contributed by atoms with E-state index in [4.69, 9.17) is 5.11 Å². The second-order valence-electron chi connectivity index (χ2n) is 2.09. The second kappa shape index (κ2) is 3.08. The molecule has 12 heavy (non-hydrogen) atoms. The van der Waals surface area contributed by atoms with Crippen molar-refractivity contribution < 1.29 is 19.4 Å². The fourth-order valence-electron chi connectivity index (χ4n) is 0.733. The Hall–Kier alpha value is -1.78. The molecule has 5 nitrogen and oxygen atoms in total. The van der Waals surface area contributed by atoms with Gasteiger partial charge in [-0.3, -0.25) is 0 Å². The molecule has 0 saturated carbocycles. The molecule has 0 aliphatic heterocycles. The van der Waals surface area contributed by atoms with Crippen molar-refractivity contribution >= 4 is 5.97 Å². The predicted molar refractivity (Wildman–Crippen MR) is 38.4 cm³/mol. The number of hydrogen-bond acceptors (Lipinski definition) is 4. The van der Waals surface area contributed by atoms with Crippen LogP contribution in [0.25, 0.3) is 0 Å². The molecule has 1 rings (SSSR count). The minimum Gasteiger partial charge on any atom is -0.618 e. The number of carbonyl (C=O) groups excluding carboxylic acids is 1. The first kappa shape index (κ1) is 8.32. The van der Waals surface area contributed by atoms with Crippen LogP contribution in [0, 0.1) is 5.21 Å². The average molecular weight is 169 g/mol. The second-order valence-corrected chi connectivity index (χ2v) is 2.09. The van der Waals surface area contributed by atoms with E-state index in [-0.39, 0.29) is 16.2 Å². The van der Waals surface area contributed by atoms with Gasteiger partial charge in [-0.25, -0.2) is 4.79 Å². The van der Waals surface area contributed by atoms with Gasteiger partial charge in [-0.15, -0.1) is 0 Å². The molecular weight excluding hydrogens is 162 g/mol. The molecule has 1 aromatic heterocycles. The summed E-state index contributed by atoms with van der Waals surface area (Å²) in [5.41, 5.74) is -0.157. The van der Waals surface area contributed by atoms with E-state index in [9.17, 15) is 10.0 Å². The van der Waals surface area contributed by atoms with E-state index in [1.165, 1.54) is 19.2 Å². The lowest BCUT2D eigenvalue weighted by Crippen LogP contribution is -2.34. The summed E-state index contributed by atoms with van der Waals surface area (Å²) in [6.07, 6.45) is 0.881. The van der Waals surface area contributed by atoms with Gasteiger partial charge in [0, 0.05) is 6.07 Å². The number of carbonyl (C=O) groups is 1. The van der Waals surface area contributed by atoms with Gasteiger partial charge in [-0.2, -0.15) is 4.73 Å². The van der Waals surface area contributed by atoms with Crippen LogP contribution in [0.2, 0.25) is 0 Å². The van der Waals surface area contributed by atoms with Gasteiger partial charge in [0.2, 0.25) is 6.20 Å². The Morgan fingerprint density at radius 2 is 2.33 bits per heavy atom. The number of esters is 1. The predicted octanol–water partition coefficient (Wildman–Crippen LogP) is -0.188. The van der Waals surface area contributed by atoms with Crippen LogP contribution < -0.4 is 4.73 Å². The summed E-state index contributed by atoms with van der Waals surface area (Å²) in [6, 6.07) is 2.43. The molecule has 1 aromatic rings. The molecule has 1 heterocycles. The van der Waals surface area contributed by atoms with Crippen LogP contribution in [0.5, 0.6) is 5.75 Å². The van der Waals surface area contributed by atoms with Gasteiger partial charge >= 0.3 is 11.7 Å². The molecule has 0 unspecified atom stereocenters. The van der Waals surface area contributed by atoms with E-state index in [1.54, 1.807) is 0 Å². The summed E-state index contributed by atoms with van der Waals surface area (Å²) in [5, 5.41) is 19.7. The Labute approximate surface area is 68.4 Å². The summed E-state index contributed by atoms with van der Waals surface area (Å²) >= 11 is 0. The molecule has 5 heteroatoms. The Bertz CT molecular complexity index is 310. The third-order valence-corrected chi connectivity index (χ3v) is 1.29. The Balaban J connectivity index is 3.09. The normalized spacial score (nSPS) is 9.42. The molecular formula is C7H7NO4. The van der Waals surface area contributed by atoms with Crippen molar-refractivity contribution in [2.45, 2.75) is 0 Å². The third kappa shape index (κ3) is 1.45. The smallest absolute Gasteiger partial charge is 0.404 e. The van der Waals surface area contributed by atoms with E-state index in [0.717, 1.165) is 6.20 Å². The quantitative estimate of drug-likeness (QED) is 0.359. The lowest BCUT2D eigenvalue weighted by atomic mass is 10.3. The van der Waals surface area contributed by atoms with E-state index >= 15 is 0 Å². The van der Waals surface area contributed by atoms with Crippen molar-refractivity contribution in [3.63, 3.8) is 0 Å². The van der Waals surface area contributed by atoms with Crippen LogP contribution in [0.15, 0.2) is 18.3 Å². The van der Waals surface area contributed by atoms with Gasteiger partial charge in [-0.05, 0) is 6.07 Å². The highest BCUT2D eigenvalue weighted by Gasteiger charge is 2.15. The zero-order valence-corrected chi connectivity index (χ0v) is 6.35. The molecule has 0 spiro atoms.